The van der Waals surface area contributed by atoms with Crippen molar-refractivity contribution in [2.45, 2.75) is 33.2 Å². The van der Waals surface area contributed by atoms with Gasteiger partial charge in [-0.15, -0.1) is 11.3 Å². The minimum Gasteiger partial charge on any atom is -0.497 e. The van der Waals surface area contributed by atoms with E-state index in [2.05, 4.69) is 27.5 Å². The molecule has 0 aliphatic heterocycles. The first-order valence-corrected chi connectivity index (χ1v) is 10.1. The van der Waals surface area contributed by atoms with E-state index < -0.39 is 0 Å². The lowest BCUT2D eigenvalue weighted by molar-refractivity contribution is 0.382. The van der Waals surface area contributed by atoms with Crippen LogP contribution in [0.1, 0.15) is 29.6 Å². The van der Waals surface area contributed by atoms with Crippen molar-refractivity contribution in [2.24, 2.45) is 4.99 Å². The average Bonchev–Trinajstić information content (AvgIpc) is 3.09. The van der Waals surface area contributed by atoms with Crippen LogP contribution in [-0.2, 0) is 13.0 Å². The monoisotopic (exact) mass is 390 g/mol. The number of guanidine groups is 1. The summed E-state index contributed by atoms with van der Waals surface area (Å²) in [6.45, 7) is 6.41. The van der Waals surface area contributed by atoms with E-state index in [4.69, 9.17) is 14.5 Å². The molecule has 6 nitrogen and oxygen atoms in total. The Kier molecular flexibility index (Phi) is 8.39. The number of benzene rings is 1. The largest absolute Gasteiger partial charge is 0.497 e. The summed E-state index contributed by atoms with van der Waals surface area (Å²) in [5, 5.41) is 6.64. The first-order chi connectivity index (χ1) is 13.1. The number of methoxy groups -OCH3 is 2. The van der Waals surface area contributed by atoms with Crippen LogP contribution in [0.4, 0.5) is 0 Å². The highest BCUT2D eigenvalue weighted by molar-refractivity contribution is 7.09. The van der Waals surface area contributed by atoms with Gasteiger partial charge in [0.2, 0.25) is 0 Å². The van der Waals surface area contributed by atoms with E-state index in [9.17, 15) is 0 Å². The molecule has 0 aliphatic carbocycles. The molecule has 7 heteroatoms. The van der Waals surface area contributed by atoms with Gasteiger partial charge in [0.25, 0.3) is 0 Å². The molecule has 0 spiro atoms. The SMILES string of the molecule is CCNC(=NCCCc1nc(C)cs1)N(C)Cc1ccc(OC)cc1OC. The number of hydrogen-bond acceptors (Lipinski definition) is 5. The maximum Gasteiger partial charge on any atom is 0.193 e. The van der Waals surface area contributed by atoms with Gasteiger partial charge in [0.1, 0.15) is 11.5 Å². The van der Waals surface area contributed by atoms with Crippen LogP contribution in [-0.4, -0.2) is 50.2 Å². The third kappa shape index (κ3) is 6.43. The lowest BCUT2D eigenvalue weighted by Gasteiger charge is -2.23. The van der Waals surface area contributed by atoms with Crippen LogP contribution in [0.25, 0.3) is 0 Å². The topological polar surface area (TPSA) is 59.0 Å². The van der Waals surface area contributed by atoms with Crippen LogP contribution >= 0.6 is 11.3 Å². The number of nitrogens with one attached hydrogen (secondary N) is 1. The van der Waals surface area contributed by atoms with Gasteiger partial charge in [-0.3, -0.25) is 4.99 Å². The number of aromatic nitrogens is 1. The fraction of sp³-hybridized carbons (Fsp3) is 0.500. The summed E-state index contributed by atoms with van der Waals surface area (Å²) < 4.78 is 10.8. The zero-order chi connectivity index (χ0) is 19.6. The van der Waals surface area contributed by atoms with Crippen molar-refractivity contribution in [3.63, 3.8) is 0 Å². The molecule has 0 fully saturated rings. The van der Waals surface area contributed by atoms with Crippen LogP contribution in [0.15, 0.2) is 28.6 Å². The number of ether oxygens (including phenoxy) is 2. The zero-order valence-electron chi connectivity index (χ0n) is 16.9. The number of thiazole rings is 1. The normalized spacial score (nSPS) is 11.4. The van der Waals surface area contributed by atoms with Crippen LogP contribution in [0.5, 0.6) is 11.5 Å². The first kappa shape index (κ1) is 21.0. The Labute approximate surface area is 166 Å². The molecular weight excluding hydrogens is 360 g/mol. The number of nitrogens with zero attached hydrogens (tertiary/aromatic N) is 3. The quantitative estimate of drug-likeness (QED) is 0.403. The van der Waals surface area contributed by atoms with Crippen molar-refractivity contribution in [1.82, 2.24) is 15.2 Å². The Balaban J connectivity index is 1.97. The molecule has 0 unspecified atom stereocenters. The van der Waals surface area contributed by atoms with Gasteiger partial charge in [-0.1, -0.05) is 0 Å². The van der Waals surface area contributed by atoms with E-state index >= 15 is 0 Å². The summed E-state index contributed by atoms with van der Waals surface area (Å²) in [6.07, 6.45) is 1.96. The number of aryl methyl sites for hydroxylation is 2. The molecule has 1 aromatic heterocycles. The Morgan fingerprint density at radius 3 is 2.74 bits per heavy atom. The van der Waals surface area contributed by atoms with Crippen LogP contribution in [0.2, 0.25) is 0 Å². The van der Waals surface area contributed by atoms with E-state index in [1.165, 1.54) is 5.01 Å². The molecule has 27 heavy (non-hydrogen) atoms. The molecule has 148 valence electrons. The summed E-state index contributed by atoms with van der Waals surface area (Å²) in [7, 11) is 5.37. The third-order valence-corrected chi connectivity index (χ3v) is 5.10. The van der Waals surface area contributed by atoms with Gasteiger partial charge in [-0.25, -0.2) is 4.98 Å². The van der Waals surface area contributed by atoms with E-state index in [0.717, 1.165) is 54.6 Å². The Bertz CT molecular complexity index is 745. The molecule has 0 radical (unpaired) electrons. The molecule has 0 amide bonds. The summed E-state index contributed by atoms with van der Waals surface area (Å²) >= 11 is 1.72. The maximum atomic E-state index is 5.51. The van der Waals surface area contributed by atoms with Gasteiger partial charge in [0, 0.05) is 55.8 Å². The van der Waals surface area contributed by atoms with Crippen molar-refractivity contribution in [3.05, 3.63) is 39.8 Å². The van der Waals surface area contributed by atoms with Gasteiger partial charge < -0.3 is 19.7 Å². The molecule has 1 aromatic carbocycles. The third-order valence-electron chi connectivity index (χ3n) is 4.08. The zero-order valence-corrected chi connectivity index (χ0v) is 17.7. The fourth-order valence-electron chi connectivity index (χ4n) is 2.72. The predicted octanol–water partition coefficient (Wildman–Crippen LogP) is 3.50. The molecule has 0 saturated carbocycles. The molecular formula is C20H30N4O2S. The number of hydrogen-bond donors (Lipinski definition) is 1. The van der Waals surface area contributed by atoms with Gasteiger partial charge in [0.05, 0.1) is 19.2 Å². The average molecular weight is 391 g/mol. The van der Waals surface area contributed by atoms with E-state index in [1.807, 2.05) is 32.2 Å². The Morgan fingerprint density at radius 1 is 1.30 bits per heavy atom. The number of rotatable bonds is 9. The van der Waals surface area contributed by atoms with Crippen molar-refractivity contribution >= 4 is 17.3 Å². The Hall–Kier alpha value is -2.28. The summed E-state index contributed by atoms with van der Waals surface area (Å²) in [5.74, 6) is 2.50. The lowest BCUT2D eigenvalue weighted by atomic mass is 10.2. The molecule has 0 atom stereocenters. The van der Waals surface area contributed by atoms with Gasteiger partial charge in [-0.2, -0.15) is 0 Å². The second-order valence-electron chi connectivity index (χ2n) is 6.26. The van der Waals surface area contributed by atoms with Crippen LogP contribution in [0, 0.1) is 6.92 Å². The smallest absolute Gasteiger partial charge is 0.193 e. The predicted molar refractivity (Wildman–Crippen MR) is 112 cm³/mol. The first-order valence-electron chi connectivity index (χ1n) is 9.18. The standard InChI is InChI=1S/C20H30N4O2S/c1-6-21-20(22-11-7-8-19-23-15(2)14-27-19)24(3)13-16-9-10-17(25-4)12-18(16)26-5/h9-10,12,14H,6-8,11,13H2,1-5H3,(H,21,22). The molecule has 0 aliphatic rings. The highest BCUT2D eigenvalue weighted by Crippen LogP contribution is 2.25. The molecule has 0 bridgehead atoms. The molecule has 2 aromatic rings. The van der Waals surface area contributed by atoms with Crippen LogP contribution < -0.4 is 14.8 Å². The summed E-state index contributed by atoms with van der Waals surface area (Å²) in [4.78, 5) is 11.4. The Morgan fingerprint density at radius 2 is 2.11 bits per heavy atom. The van der Waals surface area contributed by atoms with E-state index in [1.54, 1.807) is 25.6 Å². The molecule has 1 N–H and O–H groups in total. The molecule has 1 heterocycles. The summed E-state index contributed by atoms with van der Waals surface area (Å²) in [6, 6.07) is 5.89. The van der Waals surface area contributed by atoms with E-state index in [-0.39, 0.29) is 0 Å². The molecule has 2 rings (SSSR count). The minimum atomic E-state index is 0.699. The fourth-order valence-corrected chi connectivity index (χ4v) is 3.53. The van der Waals surface area contributed by atoms with Gasteiger partial charge in [-0.05, 0) is 32.4 Å². The van der Waals surface area contributed by atoms with E-state index in [0.29, 0.717) is 6.54 Å². The number of aliphatic imine (C=N–C) groups is 1. The highest BCUT2D eigenvalue weighted by atomic mass is 32.1. The van der Waals surface area contributed by atoms with Crippen molar-refractivity contribution in [1.29, 1.82) is 0 Å². The van der Waals surface area contributed by atoms with Crippen LogP contribution in [0.3, 0.4) is 0 Å². The second kappa shape index (κ2) is 10.8. The van der Waals surface area contributed by atoms with Crippen molar-refractivity contribution in [2.75, 3.05) is 34.4 Å². The lowest BCUT2D eigenvalue weighted by Crippen LogP contribution is -2.38. The van der Waals surface area contributed by atoms with Gasteiger partial charge >= 0.3 is 0 Å². The molecule has 0 saturated heterocycles. The maximum absolute atomic E-state index is 5.51. The van der Waals surface area contributed by atoms with Crippen molar-refractivity contribution < 1.29 is 9.47 Å². The second-order valence-corrected chi connectivity index (χ2v) is 7.20. The highest BCUT2D eigenvalue weighted by Gasteiger charge is 2.11. The minimum absolute atomic E-state index is 0.699. The van der Waals surface area contributed by atoms with Gasteiger partial charge in [0.15, 0.2) is 5.96 Å². The van der Waals surface area contributed by atoms with Crippen molar-refractivity contribution in [3.8, 4) is 11.5 Å². The summed E-state index contributed by atoms with van der Waals surface area (Å²) in [5.41, 5.74) is 2.18.